The molecule has 2 aromatic rings. The second kappa shape index (κ2) is 6.76. The molecule has 2 amide bonds. The predicted octanol–water partition coefficient (Wildman–Crippen LogP) is 1.22. The van der Waals surface area contributed by atoms with Crippen LogP contribution in [0.3, 0.4) is 0 Å². The molecule has 1 aromatic carbocycles. The molecule has 0 aliphatic carbocycles. The number of amides is 2. The number of H-pyrrole nitrogens is 1. The molecule has 0 fully saturated rings. The first-order valence-corrected chi connectivity index (χ1v) is 5.97. The highest BCUT2D eigenvalue weighted by molar-refractivity contribution is 6.07. The number of para-hydroxylation sites is 1. The van der Waals surface area contributed by atoms with E-state index in [9.17, 15) is 9.59 Å². The number of nitrogens with one attached hydrogen (secondary N) is 3. The molecule has 0 bridgehead atoms. The van der Waals surface area contributed by atoms with Crippen molar-refractivity contribution in [1.82, 2.24) is 10.3 Å². The van der Waals surface area contributed by atoms with Gasteiger partial charge in [0.2, 0.25) is 5.91 Å². The molecule has 112 valence electrons. The van der Waals surface area contributed by atoms with Gasteiger partial charge >= 0.3 is 0 Å². The van der Waals surface area contributed by atoms with E-state index in [1.165, 1.54) is 6.92 Å². The highest BCUT2D eigenvalue weighted by atomic mass is 35.5. The Hall–Kier alpha value is -2.54. The summed E-state index contributed by atoms with van der Waals surface area (Å²) in [5.41, 5.74) is 7.03. The molecule has 0 saturated carbocycles. The molecule has 21 heavy (non-hydrogen) atoms. The number of carbonyl (C=O) groups excluding carboxylic acids is 2. The first kappa shape index (κ1) is 16.5. The van der Waals surface area contributed by atoms with Gasteiger partial charge in [0.1, 0.15) is 5.69 Å². The lowest BCUT2D eigenvalue weighted by Crippen LogP contribution is -2.28. The maximum Gasteiger partial charge on any atom is 0.296 e. The molecule has 0 radical (unpaired) electrons. The number of hydrogen-bond acceptors (Lipinski definition) is 2. The molecule has 0 aliphatic heterocycles. The number of aliphatic imine (C=N–C) groups is 1. The molecule has 2 rings (SSSR count). The smallest absolute Gasteiger partial charge is 0.296 e. The molecule has 5 N–H and O–H groups in total. The second-order valence-electron chi connectivity index (χ2n) is 4.19. The van der Waals surface area contributed by atoms with Crippen LogP contribution in [0.2, 0.25) is 0 Å². The van der Waals surface area contributed by atoms with Gasteiger partial charge in [-0.15, -0.1) is 12.4 Å². The van der Waals surface area contributed by atoms with Gasteiger partial charge in [0.25, 0.3) is 5.91 Å². The van der Waals surface area contributed by atoms with Crippen molar-refractivity contribution < 1.29 is 9.59 Å². The minimum Gasteiger partial charge on any atom is -0.370 e. The zero-order chi connectivity index (χ0) is 14.7. The van der Waals surface area contributed by atoms with E-state index < -0.39 is 5.91 Å². The number of anilines is 1. The summed E-state index contributed by atoms with van der Waals surface area (Å²) in [6.45, 7) is 1.42. The topological polar surface area (TPSA) is 112 Å². The first-order valence-electron chi connectivity index (χ1n) is 5.97. The standard InChI is InChI=1S/C13H15N5O2.ClH/c1-7(19)16-9-5-3-4-8-6-10(17-11(8)9)12(20)18-13(14)15-2;/h3-6,17H,1-2H3,(H,16,19)(H3,14,15,18,20);1H. The molecule has 1 aromatic heterocycles. The van der Waals surface area contributed by atoms with Gasteiger partial charge in [0.15, 0.2) is 5.96 Å². The van der Waals surface area contributed by atoms with Gasteiger partial charge < -0.3 is 21.4 Å². The zero-order valence-electron chi connectivity index (χ0n) is 11.6. The van der Waals surface area contributed by atoms with Crippen molar-refractivity contribution in [2.75, 3.05) is 12.4 Å². The Balaban J connectivity index is 0.00000220. The fourth-order valence-electron chi connectivity index (χ4n) is 1.79. The normalized spacial score (nSPS) is 10.9. The summed E-state index contributed by atoms with van der Waals surface area (Å²) in [4.78, 5) is 29.7. The summed E-state index contributed by atoms with van der Waals surface area (Å²) in [5, 5.41) is 6.07. The SMILES string of the molecule is CNC(N)=NC(=O)c1cc2cccc(NC(C)=O)c2[nH]1.Cl. The fraction of sp³-hybridized carbons (Fsp3) is 0.154. The van der Waals surface area contributed by atoms with Gasteiger partial charge in [-0.2, -0.15) is 4.99 Å². The molecule has 0 aliphatic rings. The van der Waals surface area contributed by atoms with Gasteiger partial charge in [-0.1, -0.05) is 12.1 Å². The van der Waals surface area contributed by atoms with Crippen molar-refractivity contribution >= 4 is 46.8 Å². The van der Waals surface area contributed by atoms with Crippen LogP contribution in [0.4, 0.5) is 5.69 Å². The average molecular weight is 310 g/mol. The number of nitrogens with two attached hydrogens (primary N) is 1. The number of guanidine groups is 1. The van der Waals surface area contributed by atoms with E-state index in [1.54, 1.807) is 25.2 Å². The number of rotatable bonds is 2. The van der Waals surface area contributed by atoms with Crippen molar-refractivity contribution in [2.45, 2.75) is 6.92 Å². The molecule has 7 nitrogen and oxygen atoms in total. The highest BCUT2D eigenvalue weighted by Gasteiger charge is 2.11. The third-order valence-corrected chi connectivity index (χ3v) is 2.68. The van der Waals surface area contributed by atoms with E-state index in [0.717, 1.165) is 5.39 Å². The summed E-state index contributed by atoms with van der Waals surface area (Å²) in [6, 6.07) is 7.04. The summed E-state index contributed by atoms with van der Waals surface area (Å²) in [5.74, 6) is -0.630. The van der Waals surface area contributed by atoms with E-state index in [2.05, 4.69) is 20.6 Å². The molecule has 0 atom stereocenters. The van der Waals surface area contributed by atoms with Gasteiger partial charge in [-0.25, -0.2) is 0 Å². The van der Waals surface area contributed by atoms with Gasteiger partial charge in [-0.05, 0) is 12.1 Å². The lowest BCUT2D eigenvalue weighted by Gasteiger charge is -2.02. The van der Waals surface area contributed by atoms with Crippen LogP contribution in [-0.4, -0.2) is 29.8 Å². The zero-order valence-corrected chi connectivity index (χ0v) is 12.4. The van der Waals surface area contributed by atoms with E-state index in [1.807, 2.05) is 6.07 Å². The summed E-state index contributed by atoms with van der Waals surface area (Å²) in [6.07, 6.45) is 0. The maximum atomic E-state index is 11.9. The van der Waals surface area contributed by atoms with Crippen LogP contribution in [0.25, 0.3) is 10.9 Å². The van der Waals surface area contributed by atoms with Crippen LogP contribution in [0.15, 0.2) is 29.3 Å². The van der Waals surface area contributed by atoms with Gasteiger partial charge in [0.05, 0.1) is 11.2 Å². The Morgan fingerprint density at radius 2 is 2.05 bits per heavy atom. The molecule has 1 heterocycles. The van der Waals surface area contributed by atoms with Crippen LogP contribution < -0.4 is 16.4 Å². The van der Waals surface area contributed by atoms with Gasteiger partial charge in [-0.3, -0.25) is 9.59 Å². The summed E-state index contributed by atoms with van der Waals surface area (Å²) < 4.78 is 0. The van der Waals surface area contributed by atoms with E-state index in [0.29, 0.717) is 16.9 Å². The van der Waals surface area contributed by atoms with Crippen molar-refractivity contribution in [3.8, 4) is 0 Å². The number of carbonyl (C=O) groups is 2. The third-order valence-electron chi connectivity index (χ3n) is 2.68. The number of aromatic nitrogens is 1. The number of fused-ring (bicyclic) bond motifs is 1. The molecule has 0 unspecified atom stereocenters. The minimum absolute atomic E-state index is 0. The minimum atomic E-state index is -0.484. The van der Waals surface area contributed by atoms with Crippen LogP contribution >= 0.6 is 12.4 Å². The summed E-state index contributed by atoms with van der Waals surface area (Å²) in [7, 11) is 1.58. The number of halogens is 1. The predicted molar refractivity (Wildman–Crippen MR) is 84.9 cm³/mol. The molecule has 0 saturated heterocycles. The first-order chi connectivity index (χ1) is 9.51. The van der Waals surface area contributed by atoms with Crippen molar-refractivity contribution in [3.05, 3.63) is 30.0 Å². The van der Waals surface area contributed by atoms with Crippen LogP contribution in [0.5, 0.6) is 0 Å². The Morgan fingerprint density at radius 1 is 1.33 bits per heavy atom. The van der Waals surface area contributed by atoms with Crippen LogP contribution in [-0.2, 0) is 4.79 Å². The largest absolute Gasteiger partial charge is 0.370 e. The number of nitrogens with zero attached hydrogens (tertiary/aromatic N) is 1. The van der Waals surface area contributed by atoms with Crippen molar-refractivity contribution in [2.24, 2.45) is 10.7 Å². The summed E-state index contributed by atoms with van der Waals surface area (Å²) >= 11 is 0. The van der Waals surface area contributed by atoms with Crippen LogP contribution in [0, 0.1) is 0 Å². The monoisotopic (exact) mass is 309 g/mol. The second-order valence-corrected chi connectivity index (χ2v) is 4.19. The van der Waals surface area contributed by atoms with E-state index >= 15 is 0 Å². The Labute approximate surface area is 127 Å². The molecular formula is C13H16ClN5O2. The maximum absolute atomic E-state index is 11.9. The number of benzene rings is 1. The van der Waals surface area contributed by atoms with E-state index in [4.69, 9.17) is 5.73 Å². The quantitative estimate of drug-likeness (QED) is 0.493. The van der Waals surface area contributed by atoms with E-state index in [-0.39, 0.29) is 24.3 Å². The van der Waals surface area contributed by atoms with Crippen molar-refractivity contribution in [1.29, 1.82) is 0 Å². The Morgan fingerprint density at radius 3 is 2.67 bits per heavy atom. The Kier molecular flexibility index (Phi) is 5.31. The average Bonchev–Trinajstić information content (AvgIpc) is 2.83. The fourth-order valence-corrected chi connectivity index (χ4v) is 1.79. The number of aromatic amines is 1. The molecule has 8 heteroatoms. The van der Waals surface area contributed by atoms with Gasteiger partial charge in [0, 0.05) is 19.4 Å². The molecule has 0 spiro atoms. The van der Waals surface area contributed by atoms with Crippen molar-refractivity contribution in [3.63, 3.8) is 0 Å². The third kappa shape index (κ3) is 3.73. The Bertz CT molecular complexity index is 708. The lowest BCUT2D eigenvalue weighted by molar-refractivity contribution is -0.114. The molecular weight excluding hydrogens is 294 g/mol. The highest BCUT2D eigenvalue weighted by Crippen LogP contribution is 2.24. The van der Waals surface area contributed by atoms with Crippen LogP contribution in [0.1, 0.15) is 17.4 Å². The number of hydrogen-bond donors (Lipinski definition) is 4. The lowest BCUT2D eigenvalue weighted by atomic mass is 10.2.